The van der Waals surface area contributed by atoms with Gasteiger partial charge in [0.2, 0.25) is 0 Å². The summed E-state index contributed by atoms with van der Waals surface area (Å²) in [7, 11) is -3.53. The third-order valence-corrected chi connectivity index (χ3v) is 7.14. The molecule has 4 heteroatoms. The van der Waals surface area contributed by atoms with E-state index in [-0.39, 0.29) is 0 Å². The van der Waals surface area contributed by atoms with Crippen molar-refractivity contribution in [2.24, 2.45) is 0 Å². The summed E-state index contributed by atoms with van der Waals surface area (Å²) in [5.74, 6) is 0. The molecule has 0 unspecified atom stereocenters. The Morgan fingerprint density at radius 2 is 1.60 bits per heavy atom. The fourth-order valence-corrected chi connectivity index (χ4v) is 5.29. The molecule has 0 aromatic heterocycles. The van der Waals surface area contributed by atoms with Crippen LogP contribution < -0.4 is 0 Å². The minimum atomic E-state index is -3.53. The lowest BCUT2D eigenvalue weighted by molar-refractivity contribution is 0.480. The first-order valence-electron chi connectivity index (χ1n) is 9.07. The molecule has 0 atom stereocenters. The fourth-order valence-electron chi connectivity index (χ4n) is 3.79. The molecule has 1 heterocycles. The van der Waals surface area contributed by atoms with Crippen LogP contribution in [-0.2, 0) is 10.0 Å². The first-order valence-corrected chi connectivity index (χ1v) is 10.5. The van der Waals surface area contributed by atoms with Crippen LogP contribution in [0.1, 0.15) is 51.0 Å². The number of aryl methyl sites for hydroxylation is 1. The van der Waals surface area contributed by atoms with Crippen molar-refractivity contribution in [2.45, 2.75) is 57.3 Å². The van der Waals surface area contributed by atoms with Crippen LogP contribution in [0.15, 0.2) is 64.2 Å². The Morgan fingerprint density at radius 1 is 0.960 bits per heavy atom. The normalized spacial score (nSPS) is 19.7. The van der Waals surface area contributed by atoms with Gasteiger partial charge in [-0.25, -0.2) is 8.42 Å². The van der Waals surface area contributed by atoms with Gasteiger partial charge in [0, 0.05) is 12.2 Å². The molecule has 25 heavy (non-hydrogen) atoms. The van der Waals surface area contributed by atoms with Crippen LogP contribution in [0.3, 0.4) is 0 Å². The van der Waals surface area contributed by atoms with Gasteiger partial charge in [-0.05, 0) is 75.3 Å². The lowest BCUT2D eigenvalue weighted by Crippen LogP contribution is -2.30. The monoisotopic (exact) mass is 357 g/mol. The second-order valence-electron chi connectivity index (χ2n) is 7.09. The number of sulfonamides is 1. The van der Waals surface area contributed by atoms with Gasteiger partial charge < -0.3 is 0 Å². The summed E-state index contributed by atoms with van der Waals surface area (Å²) < 4.78 is 27.7. The van der Waals surface area contributed by atoms with Crippen LogP contribution in [0.25, 0.3) is 0 Å². The van der Waals surface area contributed by atoms with E-state index in [2.05, 4.69) is 6.58 Å². The Bertz CT molecular complexity index is 821. The molecule has 134 valence electrons. The average Bonchev–Trinajstić information content (AvgIpc) is 2.74. The van der Waals surface area contributed by atoms with Crippen molar-refractivity contribution in [3.8, 4) is 0 Å². The van der Waals surface area contributed by atoms with Crippen molar-refractivity contribution in [3.63, 3.8) is 0 Å². The molecule has 2 aliphatic rings. The molecule has 1 aliphatic carbocycles. The zero-order valence-corrected chi connectivity index (χ0v) is 16.0. The summed E-state index contributed by atoms with van der Waals surface area (Å²) in [5.41, 5.74) is 5.54. The van der Waals surface area contributed by atoms with Crippen LogP contribution >= 0.6 is 0 Å². The van der Waals surface area contributed by atoms with Gasteiger partial charge in [0.15, 0.2) is 0 Å². The van der Waals surface area contributed by atoms with E-state index in [4.69, 9.17) is 0 Å². The minimum Gasteiger partial charge on any atom is -0.270 e. The molecule has 0 saturated heterocycles. The van der Waals surface area contributed by atoms with Gasteiger partial charge >= 0.3 is 0 Å². The fraction of sp³-hybridized carbons (Fsp3) is 0.429. The van der Waals surface area contributed by atoms with E-state index in [1.807, 2.05) is 32.1 Å². The highest BCUT2D eigenvalue weighted by molar-refractivity contribution is 7.89. The molecule has 3 nitrogen and oxygen atoms in total. The van der Waals surface area contributed by atoms with Crippen LogP contribution in [0.2, 0.25) is 0 Å². The number of rotatable bonds is 2. The minimum absolute atomic E-state index is 0.352. The molecule has 0 amide bonds. The SMILES string of the molecule is C=C1C=C(C)N(S(=O)(=O)c2ccc(C)cc2)CCC1=C1CCCCC1. The van der Waals surface area contributed by atoms with E-state index >= 15 is 0 Å². The van der Waals surface area contributed by atoms with E-state index in [1.54, 1.807) is 16.4 Å². The van der Waals surface area contributed by atoms with Gasteiger partial charge in [0.25, 0.3) is 10.0 Å². The van der Waals surface area contributed by atoms with Crippen LogP contribution in [0.4, 0.5) is 0 Å². The third kappa shape index (κ3) is 3.74. The highest BCUT2D eigenvalue weighted by Gasteiger charge is 2.27. The molecule has 1 aromatic carbocycles. The summed E-state index contributed by atoms with van der Waals surface area (Å²) in [6, 6.07) is 7.08. The molecular formula is C21H27NO2S. The maximum absolute atomic E-state index is 13.1. The first-order chi connectivity index (χ1) is 11.9. The first kappa shape index (κ1) is 18.0. The molecular weight excluding hydrogens is 330 g/mol. The molecule has 0 spiro atoms. The Kier molecular flexibility index (Phi) is 5.19. The number of allylic oxidation sites excluding steroid dienone is 4. The molecule has 0 bridgehead atoms. The Balaban J connectivity index is 1.93. The van der Waals surface area contributed by atoms with Crippen molar-refractivity contribution in [1.29, 1.82) is 0 Å². The predicted octanol–water partition coefficient (Wildman–Crippen LogP) is 5.11. The van der Waals surface area contributed by atoms with E-state index in [0.29, 0.717) is 11.4 Å². The average molecular weight is 358 g/mol. The number of hydrogen-bond donors (Lipinski definition) is 0. The van der Waals surface area contributed by atoms with Crippen molar-refractivity contribution >= 4 is 10.0 Å². The van der Waals surface area contributed by atoms with E-state index in [9.17, 15) is 8.42 Å². The summed E-state index contributed by atoms with van der Waals surface area (Å²) in [6.45, 7) is 8.53. The van der Waals surface area contributed by atoms with Gasteiger partial charge in [-0.2, -0.15) is 0 Å². The van der Waals surface area contributed by atoms with Crippen molar-refractivity contribution < 1.29 is 8.42 Å². The summed E-state index contributed by atoms with van der Waals surface area (Å²) in [6.07, 6.45) is 8.72. The standard InChI is InChI=1S/C21H27NO2S/c1-16-9-11-20(12-10-16)25(23,24)22-14-13-21(17(2)15-18(22)3)19-7-5-4-6-8-19/h9-12,15H,2,4-8,13-14H2,1,3H3. The van der Waals surface area contributed by atoms with Crippen LogP contribution in [0, 0.1) is 6.92 Å². The highest BCUT2D eigenvalue weighted by Crippen LogP contribution is 2.34. The van der Waals surface area contributed by atoms with Gasteiger partial charge in [0.05, 0.1) is 4.90 Å². The highest BCUT2D eigenvalue weighted by atomic mass is 32.2. The quantitative estimate of drug-likeness (QED) is 0.737. The van der Waals surface area contributed by atoms with Gasteiger partial charge in [-0.1, -0.05) is 36.3 Å². The lowest BCUT2D eigenvalue weighted by atomic mass is 9.87. The van der Waals surface area contributed by atoms with Crippen LogP contribution in [-0.4, -0.2) is 19.3 Å². The van der Waals surface area contributed by atoms with Crippen molar-refractivity contribution in [2.75, 3.05) is 6.54 Å². The van der Waals surface area contributed by atoms with Crippen molar-refractivity contribution in [1.82, 2.24) is 4.31 Å². The molecule has 0 N–H and O–H groups in total. The Hall–Kier alpha value is -1.81. The molecule has 1 fully saturated rings. The molecule has 1 aliphatic heterocycles. The van der Waals surface area contributed by atoms with Gasteiger partial charge in [-0.3, -0.25) is 4.31 Å². The summed E-state index contributed by atoms with van der Waals surface area (Å²) in [4.78, 5) is 0.352. The Labute approximate surface area is 151 Å². The van der Waals surface area contributed by atoms with Crippen molar-refractivity contribution in [3.05, 3.63) is 64.9 Å². The van der Waals surface area contributed by atoms with Crippen LogP contribution in [0.5, 0.6) is 0 Å². The predicted molar refractivity (Wildman–Crippen MR) is 103 cm³/mol. The molecule has 0 radical (unpaired) electrons. The second kappa shape index (κ2) is 7.20. The van der Waals surface area contributed by atoms with E-state index in [0.717, 1.165) is 36.1 Å². The smallest absolute Gasteiger partial charge is 0.264 e. The topological polar surface area (TPSA) is 37.4 Å². The van der Waals surface area contributed by atoms with E-state index in [1.165, 1.54) is 30.4 Å². The number of benzene rings is 1. The molecule has 3 rings (SSSR count). The summed E-state index contributed by atoms with van der Waals surface area (Å²) in [5, 5.41) is 0. The zero-order valence-electron chi connectivity index (χ0n) is 15.2. The number of hydrogen-bond acceptors (Lipinski definition) is 2. The zero-order chi connectivity index (χ0) is 18.0. The Morgan fingerprint density at radius 3 is 2.24 bits per heavy atom. The molecule has 1 aromatic rings. The van der Waals surface area contributed by atoms with E-state index < -0.39 is 10.0 Å². The van der Waals surface area contributed by atoms with Gasteiger partial charge in [0.1, 0.15) is 0 Å². The lowest BCUT2D eigenvalue weighted by Gasteiger charge is -2.24. The third-order valence-electron chi connectivity index (χ3n) is 5.22. The number of nitrogens with zero attached hydrogens (tertiary/aromatic N) is 1. The molecule has 1 saturated carbocycles. The summed E-state index contributed by atoms with van der Waals surface area (Å²) >= 11 is 0. The van der Waals surface area contributed by atoms with Gasteiger partial charge in [-0.15, -0.1) is 0 Å². The maximum Gasteiger partial charge on any atom is 0.264 e. The second-order valence-corrected chi connectivity index (χ2v) is 8.96. The maximum atomic E-state index is 13.1. The largest absolute Gasteiger partial charge is 0.270 e.